The first-order valence-electron chi connectivity index (χ1n) is 9.28. The number of likely N-dealkylation sites (tertiary alicyclic amines) is 1. The van der Waals surface area contributed by atoms with Gasteiger partial charge in [0, 0.05) is 13.0 Å². The van der Waals surface area contributed by atoms with Gasteiger partial charge in [-0.3, -0.25) is 9.79 Å². The van der Waals surface area contributed by atoms with Crippen LogP contribution in [0.5, 0.6) is 0 Å². The van der Waals surface area contributed by atoms with Crippen LogP contribution in [0.25, 0.3) is 0 Å². The summed E-state index contributed by atoms with van der Waals surface area (Å²) in [6.45, 7) is 1.67. The Hall–Kier alpha value is -2.31. The highest BCUT2D eigenvalue weighted by atomic mass is 19.4. The van der Waals surface area contributed by atoms with Crippen molar-refractivity contribution in [3.05, 3.63) is 47.2 Å². The molecule has 4 nitrogen and oxygen atoms in total. The van der Waals surface area contributed by atoms with Crippen molar-refractivity contribution in [1.29, 1.82) is 0 Å². The summed E-state index contributed by atoms with van der Waals surface area (Å²) >= 11 is 0. The van der Waals surface area contributed by atoms with Gasteiger partial charge in [0.15, 0.2) is 0 Å². The molecule has 0 saturated carbocycles. The molecule has 1 aliphatic carbocycles. The number of alkyl halides is 3. The minimum atomic E-state index is -4.33. The molecule has 0 bridgehead atoms. The van der Waals surface area contributed by atoms with Crippen molar-refractivity contribution in [3.8, 4) is 0 Å². The minimum absolute atomic E-state index is 0.0747. The van der Waals surface area contributed by atoms with Crippen molar-refractivity contribution < 1.29 is 22.7 Å². The lowest BCUT2D eigenvalue weighted by Gasteiger charge is -2.32. The average Bonchev–Trinajstić information content (AvgIpc) is 2.96. The maximum atomic E-state index is 12.8. The van der Waals surface area contributed by atoms with E-state index in [1.54, 1.807) is 17.0 Å². The predicted octanol–water partition coefficient (Wildman–Crippen LogP) is 4.13. The number of hydrogen-bond donors (Lipinski definition) is 0. The molecular formula is C20H21F3N2O2. The lowest BCUT2D eigenvalue weighted by molar-refractivity contribution is -0.137. The van der Waals surface area contributed by atoms with Crippen LogP contribution in [0.15, 0.2) is 41.1 Å². The molecule has 7 heteroatoms. The Morgan fingerprint density at radius 2 is 1.96 bits per heavy atom. The van der Waals surface area contributed by atoms with E-state index in [1.165, 1.54) is 0 Å². The van der Waals surface area contributed by atoms with Crippen molar-refractivity contribution in [2.75, 3.05) is 19.7 Å². The van der Waals surface area contributed by atoms with E-state index in [4.69, 9.17) is 4.74 Å². The number of carbonyl (C=O) groups is 1. The van der Waals surface area contributed by atoms with Gasteiger partial charge < -0.3 is 9.64 Å². The topological polar surface area (TPSA) is 41.9 Å². The largest absolute Gasteiger partial charge is 0.496 e. The SMILES string of the molecule is O=C1CCCN1C1=NCCOC2=CCC(c3ccc(C(F)(F)F)cc3)CC21. The number of amides is 1. The molecule has 1 saturated heterocycles. The second-order valence-electron chi connectivity index (χ2n) is 7.18. The summed E-state index contributed by atoms with van der Waals surface area (Å²) in [5, 5.41) is 0. The van der Waals surface area contributed by atoms with E-state index in [2.05, 4.69) is 4.99 Å². The van der Waals surface area contributed by atoms with Crippen LogP contribution in [-0.2, 0) is 15.7 Å². The van der Waals surface area contributed by atoms with Gasteiger partial charge in [-0.1, -0.05) is 12.1 Å². The van der Waals surface area contributed by atoms with E-state index in [1.807, 2.05) is 6.08 Å². The van der Waals surface area contributed by atoms with E-state index in [0.717, 1.165) is 35.7 Å². The van der Waals surface area contributed by atoms with E-state index in [9.17, 15) is 18.0 Å². The zero-order chi connectivity index (χ0) is 19.0. The molecule has 2 atom stereocenters. The van der Waals surface area contributed by atoms with Gasteiger partial charge in [0.2, 0.25) is 5.91 Å². The third kappa shape index (κ3) is 3.59. The smallest absolute Gasteiger partial charge is 0.416 e. The number of allylic oxidation sites excluding steroid dienone is 1. The van der Waals surface area contributed by atoms with E-state index in [-0.39, 0.29) is 17.7 Å². The second-order valence-corrected chi connectivity index (χ2v) is 7.18. The van der Waals surface area contributed by atoms with Gasteiger partial charge in [0.1, 0.15) is 18.2 Å². The molecule has 2 aliphatic heterocycles. The van der Waals surface area contributed by atoms with Crippen LogP contribution in [-0.4, -0.2) is 36.3 Å². The molecule has 0 radical (unpaired) electrons. The Bertz CT molecular complexity index is 783. The number of hydrogen-bond acceptors (Lipinski definition) is 3. The van der Waals surface area contributed by atoms with Crippen LogP contribution in [0, 0.1) is 5.92 Å². The van der Waals surface area contributed by atoms with Crippen molar-refractivity contribution in [1.82, 2.24) is 4.90 Å². The van der Waals surface area contributed by atoms with E-state index in [0.29, 0.717) is 39.0 Å². The maximum absolute atomic E-state index is 12.8. The number of benzene rings is 1. The molecule has 0 spiro atoms. The van der Waals surface area contributed by atoms with Crippen LogP contribution in [0.1, 0.15) is 42.7 Å². The molecule has 0 N–H and O–H groups in total. The molecule has 1 amide bonds. The first-order chi connectivity index (χ1) is 12.9. The fraction of sp³-hybridized carbons (Fsp3) is 0.500. The summed E-state index contributed by atoms with van der Waals surface area (Å²) in [5.74, 6) is 1.65. The molecule has 0 aromatic heterocycles. The van der Waals surface area contributed by atoms with Gasteiger partial charge in [-0.25, -0.2) is 0 Å². The van der Waals surface area contributed by atoms with Gasteiger partial charge >= 0.3 is 6.18 Å². The average molecular weight is 378 g/mol. The Morgan fingerprint density at radius 3 is 2.63 bits per heavy atom. The number of aliphatic imine (C=N–C) groups is 1. The quantitative estimate of drug-likeness (QED) is 0.737. The minimum Gasteiger partial charge on any atom is -0.496 e. The summed E-state index contributed by atoms with van der Waals surface area (Å²) in [5.41, 5.74) is 0.232. The normalized spacial score (nSPS) is 26.0. The van der Waals surface area contributed by atoms with Crippen molar-refractivity contribution >= 4 is 11.7 Å². The Kier molecular flexibility index (Phi) is 4.70. The van der Waals surface area contributed by atoms with Crippen LogP contribution in [0.2, 0.25) is 0 Å². The lowest BCUT2D eigenvalue weighted by Crippen LogP contribution is -2.39. The molecule has 144 valence electrons. The number of ether oxygens (including phenoxy) is 1. The number of halogens is 3. The highest BCUT2D eigenvalue weighted by Gasteiger charge is 2.37. The molecule has 1 aromatic rings. The standard InChI is InChI=1S/C20H21F3N2O2/c21-20(22,23)15-6-3-13(4-7-15)14-5-8-17-16(12-14)19(24-9-11-27-17)25-10-1-2-18(25)26/h3-4,6-8,14,16H,1-2,5,9-12H2. The van der Waals surface area contributed by atoms with Crippen molar-refractivity contribution in [2.24, 2.45) is 10.9 Å². The number of rotatable bonds is 1. The van der Waals surface area contributed by atoms with Gasteiger partial charge in [0.05, 0.1) is 18.0 Å². The van der Waals surface area contributed by atoms with Crippen LogP contribution in [0.3, 0.4) is 0 Å². The summed E-state index contributed by atoms with van der Waals surface area (Å²) < 4.78 is 44.3. The predicted molar refractivity (Wildman–Crippen MR) is 94.2 cm³/mol. The van der Waals surface area contributed by atoms with Gasteiger partial charge in [-0.2, -0.15) is 13.2 Å². The zero-order valence-electron chi connectivity index (χ0n) is 14.8. The summed E-state index contributed by atoms with van der Waals surface area (Å²) in [7, 11) is 0. The fourth-order valence-corrected chi connectivity index (χ4v) is 4.10. The first-order valence-corrected chi connectivity index (χ1v) is 9.28. The van der Waals surface area contributed by atoms with Crippen LogP contribution >= 0.6 is 0 Å². The molecule has 3 aliphatic rings. The number of amidine groups is 1. The van der Waals surface area contributed by atoms with E-state index >= 15 is 0 Å². The van der Waals surface area contributed by atoms with Gasteiger partial charge in [-0.15, -0.1) is 0 Å². The summed E-state index contributed by atoms with van der Waals surface area (Å²) in [6.07, 6.45) is 0.431. The van der Waals surface area contributed by atoms with Gasteiger partial charge in [-0.05, 0) is 49.0 Å². The molecule has 27 heavy (non-hydrogen) atoms. The Balaban J connectivity index is 1.59. The van der Waals surface area contributed by atoms with E-state index < -0.39 is 11.7 Å². The number of fused-ring (bicyclic) bond motifs is 1. The highest BCUT2D eigenvalue weighted by molar-refractivity contribution is 6.01. The number of carbonyl (C=O) groups excluding carboxylic acids is 1. The number of nitrogens with zero attached hydrogens (tertiary/aromatic N) is 2. The second kappa shape index (κ2) is 7.02. The molecular weight excluding hydrogens is 357 g/mol. The zero-order valence-corrected chi connectivity index (χ0v) is 14.8. The Labute approximate surface area is 155 Å². The Morgan fingerprint density at radius 1 is 1.19 bits per heavy atom. The maximum Gasteiger partial charge on any atom is 0.416 e. The molecule has 1 aromatic carbocycles. The highest BCUT2D eigenvalue weighted by Crippen LogP contribution is 2.40. The lowest BCUT2D eigenvalue weighted by atomic mass is 9.80. The van der Waals surface area contributed by atoms with Gasteiger partial charge in [0.25, 0.3) is 0 Å². The molecule has 4 rings (SSSR count). The van der Waals surface area contributed by atoms with Crippen LogP contribution in [0.4, 0.5) is 13.2 Å². The summed E-state index contributed by atoms with van der Waals surface area (Å²) in [4.78, 5) is 18.6. The summed E-state index contributed by atoms with van der Waals surface area (Å²) in [6, 6.07) is 5.39. The third-order valence-electron chi connectivity index (χ3n) is 5.47. The van der Waals surface area contributed by atoms with Crippen molar-refractivity contribution in [3.63, 3.8) is 0 Å². The molecule has 1 fully saturated rings. The van der Waals surface area contributed by atoms with Crippen LogP contribution < -0.4 is 0 Å². The van der Waals surface area contributed by atoms with Crippen molar-refractivity contribution in [2.45, 2.75) is 37.8 Å². The monoisotopic (exact) mass is 378 g/mol. The fourth-order valence-electron chi connectivity index (χ4n) is 4.10. The first kappa shape index (κ1) is 18.1. The molecule has 2 heterocycles. The molecule has 2 unspecified atom stereocenters. The third-order valence-corrected chi connectivity index (χ3v) is 5.47.